The summed E-state index contributed by atoms with van der Waals surface area (Å²) in [5.74, 6) is 6.29. The van der Waals surface area contributed by atoms with Crippen molar-refractivity contribution in [2.75, 3.05) is 12.4 Å². The molecule has 2 aromatic carbocycles. The molecule has 0 radical (unpaired) electrons. The van der Waals surface area contributed by atoms with Crippen molar-refractivity contribution in [3.63, 3.8) is 0 Å². The molecular formula is C15H16N2O3S. The van der Waals surface area contributed by atoms with Gasteiger partial charge in [-0.2, -0.15) is 0 Å². The molecule has 0 spiro atoms. The topological polar surface area (TPSA) is 84.6 Å². The summed E-state index contributed by atoms with van der Waals surface area (Å²) in [5.41, 5.74) is 2.52. The van der Waals surface area contributed by atoms with Crippen LogP contribution in [0.3, 0.4) is 0 Å². The predicted octanol–water partition coefficient (Wildman–Crippen LogP) is 2.17. The van der Waals surface area contributed by atoms with Gasteiger partial charge in [0.05, 0.1) is 6.61 Å². The van der Waals surface area contributed by atoms with Gasteiger partial charge in [0, 0.05) is 16.2 Å². The number of thioether (sulfide) groups is 1. The molecule has 0 saturated heterocycles. The molecule has 0 aromatic heterocycles. The maximum atomic E-state index is 11.4. The standard InChI is InChI=1S/C15H16N2O3S/c16-17-15(19)11-4-3-5-12(10-11)20-8-9-21-14-7-2-1-6-13(14)18/h1-7,10,18H,8-9,16H2,(H,17,19). The van der Waals surface area contributed by atoms with Gasteiger partial charge in [0.25, 0.3) is 5.91 Å². The van der Waals surface area contributed by atoms with Crippen molar-refractivity contribution in [1.82, 2.24) is 5.43 Å². The molecule has 0 unspecified atom stereocenters. The highest BCUT2D eigenvalue weighted by atomic mass is 32.2. The first kappa shape index (κ1) is 15.2. The largest absolute Gasteiger partial charge is 0.507 e. The van der Waals surface area contributed by atoms with Crippen molar-refractivity contribution >= 4 is 17.7 Å². The van der Waals surface area contributed by atoms with Gasteiger partial charge < -0.3 is 9.84 Å². The third-order valence-electron chi connectivity index (χ3n) is 2.70. The van der Waals surface area contributed by atoms with E-state index in [0.29, 0.717) is 23.7 Å². The highest BCUT2D eigenvalue weighted by Crippen LogP contribution is 2.27. The van der Waals surface area contributed by atoms with Crippen molar-refractivity contribution in [1.29, 1.82) is 0 Å². The molecule has 6 heteroatoms. The minimum atomic E-state index is -0.357. The van der Waals surface area contributed by atoms with Crippen molar-refractivity contribution in [2.45, 2.75) is 4.90 Å². The van der Waals surface area contributed by atoms with Gasteiger partial charge in [0.1, 0.15) is 11.5 Å². The smallest absolute Gasteiger partial charge is 0.265 e. The summed E-state index contributed by atoms with van der Waals surface area (Å²) in [7, 11) is 0. The lowest BCUT2D eigenvalue weighted by Gasteiger charge is -2.08. The Bertz CT molecular complexity index is 619. The van der Waals surface area contributed by atoms with Gasteiger partial charge in [0.2, 0.25) is 0 Å². The number of para-hydroxylation sites is 1. The van der Waals surface area contributed by atoms with Gasteiger partial charge in [-0.15, -0.1) is 11.8 Å². The van der Waals surface area contributed by atoms with E-state index in [4.69, 9.17) is 10.6 Å². The Morgan fingerprint density at radius 3 is 2.81 bits per heavy atom. The van der Waals surface area contributed by atoms with Gasteiger partial charge in [-0.3, -0.25) is 10.2 Å². The molecule has 1 amide bonds. The minimum absolute atomic E-state index is 0.268. The number of benzene rings is 2. The Morgan fingerprint density at radius 1 is 1.24 bits per heavy atom. The van der Waals surface area contributed by atoms with Crippen LogP contribution in [-0.2, 0) is 0 Å². The molecule has 21 heavy (non-hydrogen) atoms. The first-order valence-electron chi connectivity index (χ1n) is 6.35. The number of nitrogen functional groups attached to an aromatic ring is 1. The first-order valence-corrected chi connectivity index (χ1v) is 7.34. The molecule has 4 N–H and O–H groups in total. The number of rotatable bonds is 6. The molecule has 0 aliphatic heterocycles. The molecule has 5 nitrogen and oxygen atoms in total. The number of hydrogen-bond acceptors (Lipinski definition) is 5. The second-order valence-electron chi connectivity index (χ2n) is 4.17. The van der Waals surface area contributed by atoms with Crippen LogP contribution in [0, 0.1) is 0 Å². The number of hydrogen-bond donors (Lipinski definition) is 3. The number of aromatic hydroxyl groups is 1. The normalized spacial score (nSPS) is 10.1. The summed E-state index contributed by atoms with van der Waals surface area (Å²) >= 11 is 1.51. The lowest BCUT2D eigenvalue weighted by Crippen LogP contribution is -2.29. The highest BCUT2D eigenvalue weighted by Gasteiger charge is 2.05. The zero-order chi connectivity index (χ0) is 15.1. The molecule has 0 bridgehead atoms. The molecule has 0 aliphatic carbocycles. The fraction of sp³-hybridized carbons (Fsp3) is 0.133. The third kappa shape index (κ3) is 4.40. The van der Waals surface area contributed by atoms with Crippen LogP contribution in [0.15, 0.2) is 53.4 Å². The highest BCUT2D eigenvalue weighted by molar-refractivity contribution is 7.99. The lowest BCUT2D eigenvalue weighted by molar-refractivity contribution is 0.0953. The average molecular weight is 304 g/mol. The summed E-state index contributed by atoms with van der Waals surface area (Å²) in [6.07, 6.45) is 0. The molecule has 2 aromatic rings. The van der Waals surface area contributed by atoms with Crippen LogP contribution in [0.5, 0.6) is 11.5 Å². The van der Waals surface area contributed by atoms with E-state index in [9.17, 15) is 9.90 Å². The first-order chi connectivity index (χ1) is 10.2. The second-order valence-corrected chi connectivity index (χ2v) is 5.30. The Morgan fingerprint density at radius 2 is 2.05 bits per heavy atom. The molecule has 0 fully saturated rings. The zero-order valence-corrected chi connectivity index (χ0v) is 12.1. The summed E-state index contributed by atoms with van der Waals surface area (Å²) in [4.78, 5) is 12.2. The number of carbonyl (C=O) groups is 1. The minimum Gasteiger partial charge on any atom is -0.507 e. The zero-order valence-electron chi connectivity index (χ0n) is 11.3. The average Bonchev–Trinajstić information content (AvgIpc) is 2.52. The molecule has 0 heterocycles. The van der Waals surface area contributed by atoms with Crippen LogP contribution in [0.25, 0.3) is 0 Å². The Labute approximate surface area is 127 Å². The number of ether oxygens (including phenoxy) is 1. The number of nitrogens with one attached hydrogen (secondary N) is 1. The molecule has 0 aliphatic rings. The molecule has 0 saturated carbocycles. The summed E-state index contributed by atoms with van der Waals surface area (Å²) in [6, 6.07) is 14.0. The number of carbonyl (C=O) groups excluding carboxylic acids is 1. The maximum absolute atomic E-state index is 11.4. The number of phenols is 1. The van der Waals surface area contributed by atoms with Crippen LogP contribution < -0.4 is 16.0 Å². The van der Waals surface area contributed by atoms with E-state index < -0.39 is 0 Å². The van der Waals surface area contributed by atoms with Crippen LogP contribution >= 0.6 is 11.8 Å². The number of amides is 1. The summed E-state index contributed by atoms with van der Waals surface area (Å²) in [5, 5.41) is 9.63. The molecule has 2 rings (SSSR count). The summed E-state index contributed by atoms with van der Waals surface area (Å²) in [6.45, 7) is 0.465. The fourth-order valence-corrected chi connectivity index (χ4v) is 2.48. The predicted molar refractivity (Wildman–Crippen MR) is 82.4 cm³/mol. The second kappa shape index (κ2) is 7.56. The van der Waals surface area contributed by atoms with Crippen molar-refractivity contribution in [2.24, 2.45) is 5.84 Å². The maximum Gasteiger partial charge on any atom is 0.265 e. The SMILES string of the molecule is NNC(=O)c1cccc(OCCSc2ccccc2O)c1. The van der Waals surface area contributed by atoms with Gasteiger partial charge in [0.15, 0.2) is 0 Å². The van der Waals surface area contributed by atoms with E-state index >= 15 is 0 Å². The summed E-state index contributed by atoms with van der Waals surface area (Å²) < 4.78 is 5.58. The van der Waals surface area contributed by atoms with E-state index in [0.717, 1.165) is 4.90 Å². The molecule has 0 atom stereocenters. The number of nitrogens with two attached hydrogens (primary N) is 1. The number of phenolic OH excluding ortho intramolecular Hbond substituents is 1. The van der Waals surface area contributed by atoms with Crippen LogP contribution in [-0.4, -0.2) is 23.4 Å². The van der Waals surface area contributed by atoms with Crippen molar-refractivity contribution < 1.29 is 14.6 Å². The van der Waals surface area contributed by atoms with Gasteiger partial charge >= 0.3 is 0 Å². The number of hydrazine groups is 1. The van der Waals surface area contributed by atoms with Gasteiger partial charge in [-0.1, -0.05) is 18.2 Å². The van der Waals surface area contributed by atoms with E-state index in [1.807, 2.05) is 12.1 Å². The van der Waals surface area contributed by atoms with Crippen LogP contribution in [0.4, 0.5) is 0 Å². The lowest BCUT2D eigenvalue weighted by atomic mass is 10.2. The van der Waals surface area contributed by atoms with E-state index in [1.54, 1.807) is 36.4 Å². The Balaban J connectivity index is 1.84. The third-order valence-corrected chi connectivity index (χ3v) is 3.73. The van der Waals surface area contributed by atoms with E-state index in [2.05, 4.69) is 5.43 Å². The van der Waals surface area contributed by atoms with E-state index in [1.165, 1.54) is 11.8 Å². The molecular weight excluding hydrogens is 288 g/mol. The van der Waals surface area contributed by atoms with Crippen LogP contribution in [0.1, 0.15) is 10.4 Å². The van der Waals surface area contributed by atoms with Crippen molar-refractivity contribution in [3.8, 4) is 11.5 Å². The van der Waals surface area contributed by atoms with Crippen molar-refractivity contribution in [3.05, 3.63) is 54.1 Å². The fourth-order valence-electron chi connectivity index (χ4n) is 1.70. The van der Waals surface area contributed by atoms with Gasteiger partial charge in [-0.25, -0.2) is 5.84 Å². The Hall–Kier alpha value is -2.18. The van der Waals surface area contributed by atoms with Gasteiger partial charge in [-0.05, 0) is 30.3 Å². The van der Waals surface area contributed by atoms with E-state index in [-0.39, 0.29) is 11.7 Å². The Kier molecular flexibility index (Phi) is 5.48. The quantitative estimate of drug-likeness (QED) is 0.250. The monoisotopic (exact) mass is 304 g/mol. The van der Waals surface area contributed by atoms with Crippen LogP contribution in [0.2, 0.25) is 0 Å². The molecule has 110 valence electrons.